The zero-order valence-corrected chi connectivity index (χ0v) is 11.6. The van der Waals surface area contributed by atoms with Crippen molar-refractivity contribution in [2.45, 2.75) is 45.8 Å². The lowest BCUT2D eigenvalue weighted by Crippen LogP contribution is -2.17. The summed E-state index contributed by atoms with van der Waals surface area (Å²) < 4.78 is 6.14. The Hall–Kier alpha value is -1.28. The van der Waals surface area contributed by atoms with Crippen molar-refractivity contribution in [1.82, 2.24) is 5.32 Å². The molecule has 18 heavy (non-hydrogen) atoms. The molecule has 0 radical (unpaired) electrons. The number of hydrogen-bond acceptors (Lipinski definition) is 2. The van der Waals surface area contributed by atoms with E-state index in [1.54, 1.807) is 0 Å². The molecule has 1 aromatic carbocycles. The van der Waals surface area contributed by atoms with Crippen LogP contribution in [0.2, 0.25) is 0 Å². The fourth-order valence-corrected chi connectivity index (χ4v) is 2.56. The molecule has 0 amide bonds. The van der Waals surface area contributed by atoms with Crippen LogP contribution in [0.3, 0.4) is 0 Å². The lowest BCUT2D eigenvalue weighted by molar-refractivity contribution is 0.227. The summed E-state index contributed by atoms with van der Waals surface area (Å²) >= 11 is 0. The molecule has 0 aliphatic heterocycles. The highest BCUT2D eigenvalue weighted by atomic mass is 16.5. The monoisotopic (exact) mass is 245 g/mol. The van der Waals surface area contributed by atoms with Gasteiger partial charge in [0.15, 0.2) is 0 Å². The van der Waals surface area contributed by atoms with Crippen LogP contribution >= 0.6 is 0 Å². The summed E-state index contributed by atoms with van der Waals surface area (Å²) in [5.74, 6) is 1.06. The summed E-state index contributed by atoms with van der Waals surface area (Å²) in [5, 5.41) is 3.19. The van der Waals surface area contributed by atoms with Gasteiger partial charge in [0.1, 0.15) is 11.9 Å². The summed E-state index contributed by atoms with van der Waals surface area (Å²) in [4.78, 5) is 0. The Morgan fingerprint density at radius 3 is 2.56 bits per heavy atom. The van der Waals surface area contributed by atoms with Crippen molar-refractivity contribution in [3.8, 4) is 5.75 Å². The van der Waals surface area contributed by atoms with E-state index in [0.717, 1.165) is 18.7 Å². The Labute approximate surface area is 110 Å². The quantitative estimate of drug-likeness (QED) is 0.820. The molecule has 0 saturated carbocycles. The van der Waals surface area contributed by atoms with Gasteiger partial charge in [-0.2, -0.15) is 0 Å². The fraction of sp³-hybridized carbons (Fsp3) is 0.500. The highest BCUT2D eigenvalue weighted by molar-refractivity contribution is 5.43. The van der Waals surface area contributed by atoms with Crippen molar-refractivity contribution < 1.29 is 4.74 Å². The number of aryl methyl sites for hydroxylation is 2. The highest BCUT2D eigenvalue weighted by Gasteiger charge is 2.13. The molecule has 0 saturated heterocycles. The molecule has 0 aromatic heterocycles. The van der Waals surface area contributed by atoms with Crippen LogP contribution in [0.25, 0.3) is 0 Å². The number of benzene rings is 1. The summed E-state index contributed by atoms with van der Waals surface area (Å²) in [6, 6.07) is 4.43. The molecule has 2 rings (SSSR count). The van der Waals surface area contributed by atoms with E-state index in [1.165, 1.54) is 29.5 Å². The van der Waals surface area contributed by atoms with E-state index < -0.39 is 0 Å². The zero-order valence-electron chi connectivity index (χ0n) is 11.6. The second-order valence-electron chi connectivity index (χ2n) is 5.10. The zero-order chi connectivity index (χ0) is 13.0. The first kappa shape index (κ1) is 13.2. The molecule has 1 unspecified atom stereocenters. The standard InChI is InChI=1S/C16H23NO/c1-12-9-14(11-17-3)10-13(2)16(12)18-15-7-5-4-6-8-15/h5,7,9-10,15,17H,4,6,8,11H2,1-3H3. The van der Waals surface area contributed by atoms with Crippen LogP contribution in [0.4, 0.5) is 0 Å². The third-order valence-electron chi connectivity index (χ3n) is 3.38. The Kier molecular flexibility index (Phi) is 4.43. The van der Waals surface area contributed by atoms with Gasteiger partial charge in [-0.15, -0.1) is 0 Å². The average molecular weight is 245 g/mol. The molecule has 1 N–H and O–H groups in total. The number of hydrogen-bond donors (Lipinski definition) is 1. The molecule has 2 nitrogen and oxygen atoms in total. The first-order valence-corrected chi connectivity index (χ1v) is 6.78. The van der Waals surface area contributed by atoms with Crippen LogP contribution < -0.4 is 10.1 Å². The SMILES string of the molecule is CNCc1cc(C)c(OC2C=CCCC2)c(C)c1. The number of ether oxygens (including phenoxy) is 1. The second kappa shape index (κ2) is 6.05. The van der Waals surface area contributed by atoms with Crippen LogP contribution in [0, 0.1) is 13.8 Å². The van der Waals surface area contributed by atoms with E-state index in [9.17, 15) is 0 Å². The third kappa shape index (κ3) is 3.14. The van der Waals surface area contributed by atoms with E-state index in [1.807, 2.05) is 7.05 Å². The van der Waals surface area contributed by atoms with E-state index in [-0.39, 0.29) is 6.10 Å². The van der Waals surface area contributed by atoms with Gasteiger partial charge in [-0.25, -0.2) is 0 Å². The van der Waals surface area contributed by atoms with Crippen LogP contribution in [0.1, 0.15) is 36.0 Å². The summed E-state index contributed by atoms with van der Waals surface area (Å²) in [6.45, 7) is 5.17. The van der Waals surface area contributed by atoms with Gasteiger partial charge in [0.2, 0.25) is 0 Å². The van der Waals surface area contributed by atoms with Gasteiger partial charge in [0.05, 0.1) is 0 Å². The third-order valence-corrected chi connectivity index (χ3v) is 3.38. The minimum atomic E-state index is 0.256. The maximum absolute atomic E-state index is 6.14. The van der Waals surface area contributed by atoms with Crippen molar-refractivity contribution >= 4 is 0 Å². The number of rotatable bonds is 4. The van der Waals surface area contributed by atoms with E-state index in [0.29, 0.717) is 0 Å². The van der Waals surface area contributed by atoms with Crippen molar-refractivity contribution in [2.24, 2.45) is 0 Å². The maximum atomic E-state index is 6.14. The second-order valence-corrected chi connectivity index (χ2v) is 5.10. The van der Waals surface area contributed by atoms with Crippen LogP contribution in [-0.2, 0) is 6.54 Å². The summed E-state index contributed by atoms with van der Waals surface area (Å²) in [7, 11) is 1.97. The molecule has 1 aromatic rings. The fourth-order valence-electron chi connectivity index (χ4n) is 2.56. The molecular weight excluding hydrogens is 222 g/mol. The highest BCUT2D eigenvalue weighted by Crippen LogP contribution is 2.28. The largest absolute Gasteiger partial charge is 0.486 e. The predicted octanol–water partition coefficient (Wildman–Crippen LogP) is 3.51. The summed E-state index contributed by atoms with van der Waals surface area (Å²) in [5.41, 5.74) is 3.79. The van der Waals surface area contributed by atoms with Gasteiger partial charge >= 0.3 is 0 Å². The van der Waals surface area contributed by atoms with Crippen LogP contribution in [0.5, 0.6) is 5.75 Å². The number of allylic oxidation sites excluding steroid dienone is 1. The molecule has 1 aliphatic rings. The minimum Gasteiger partial charge on any atom is -0.486 e. The lowest BCUT2D eigenvalue weighted by Gasteiger charge is -2.22. The molecule has 0 heterocycles. The molecule has 2 heteroatoms. The number of nitrogens with one attached hydrogen (secondary N) is 1. The maximum Gasteiger partial charge on any atom is 0.126 e. The minimum absolute atomic E-state index is 0.256. The Morgan fingerprint density at radius 2 is 2.00 bits per heavy atom. The van der Waals surface area contributed by atoms with E-state index in [4.69, 9.17) is 4.74 Å². The smallest absolute Gasteiger partial charge is 0.126 e. The molecule has 1 atom stereocenters. The van der Waals surface area contributed by atoms with Crippen molar-refractivity contribution in [3.63, 3.8) is 0 Å². The molecule has 0 bridgehead atoms. The van der Waals surface area contributed by atoms with Crippen LogP contribution in [-0.4, -0.2) is 13.2 Å². The Bertz CT molecular complexity index is 414. The van der Waals surface area contributed by atoms with Crippen LogP contribution in [0.15, 0.2) is 24.3 Å². The summed E-state index contributed by atoms with van der Waals surface area (Å²) in [6.07, 6.45) is 8.24. The van der Waals surface area contributed by atoms with Gasteiger partial charge in [-0.1, -0.05) is 18.2 Å². The van der Waals surface area contributed by atoms with Gasteiger partial charge in [0, 0.05) is 6.54 Å². The first-order chi connectivity index (χ1) is 8.70. The molecule has 0 spiro atoms. The normalized spacial score (nSPS) is 18.9. The molecule has 98 valence electrons. The van der Waals surface area contributed by atoms with Crippen molar-refractivity contribution in [2.75, 3.05) is 7.05 Å². The van der Waals surface area contributed by atoms with Gasteiger partial charge < -0.3 is 10.1 Å². The van der Waals surface area contributed by atoms with Crippen molar-refractivity contribution in [1.29, 1.82) is 0 Å². The van der Waals surface area contributed by atoms with Gasteiger partial charge in [0.25, 0.3) is 0 Å². The Morgan fingerprint density at radius 1 is 1.28 bits per heavy atom. The lowest BCUT2D eigenvalue weighted by atomic mass is 10.0. The van der Waals surface area contributed by atoms with E-state index >= 15 is 0 Å². The Balaban J connectivity index is 2.17. The molecular formula is C16H23NO. The van der Waals surface area contributed by atoms with E-state index in [2.05, 4.69) is 43.4 Å². The van der Waals surface area contributed by atoms with Crippen molar-refractivity contribution in [3.05, 3.63) is 41.0 Å². The van der Waals surface area contributed by atoms with Gasteiger partial charge in [-0.3, -0.25) is 0 Å². The topological polar surface area (TPSA) is 21.3 Å². The molecule has 0 fully saturated rings. The average Bonchev–Trinajstić information content (AvgIpc) is 2.36. The first-order valence-electron chi connectivity index (χ1n) is 6.78. The molecule has 1 aliphatic carbocycles. The predicted molar refractivity (Wildman–Crippen MR) is 76.1 cm³/mol. The van der Waals surface area contributed by atoms with Gasteiger partial charge in [-0.05, 0) is 62.9 Å².